The minimum absolute atomic E-state index is 0.0184. The highest BCUT2D eigenvalue weighted by molar-refractivity contribution is 7.11. The van der Waals surface area contributed by atoms with Crippen molar-refractivity contribution in [2.45, 2.75) is 31.3 Å². The van der Waals surface area contributed by atoms with Crippen molar-refractivity contribution in [3.05, 3.63) is 80.7 Å². The lowest BCUT2D eigenvalue weighted by molar-refractivity contribution is -0.946. The summed E-state index contributed by atoms with van der Waals surface area (Å²) in [5, 5.41) is 16.5. The number of hydrogen-bond acceptors (Lipinski definition) is 3. The van der Waals surface area contributed by atoms with Crippen LogP contribution in [0.2, 0.25) is 0 Å². The number of thiophene rings is 2. The molecule has 2 nitrogen and oxygen atoms in total. The zero-order valence-electron chi connectivity index (χ0n) is 16.2. The average Bonchev–Trinajstić information content (AvgIpc) is 3.48. The highest BCUT2D eigenvalue weighted by Gasteiger charge is 2.60. The van der Waals surface area contributed by atoms with Crippen molar-refractivity contribution in [2.24, 2.45) is 5.41 Å². The summed E-state index contributed by atoms with van der Waals surface area (Å²) in [7, 11) is 0. The van der Waals surface area contributed by atoms with Crippen molar-refractivity contribution in [3.8, 4) is 0 Å². The minimum Gasteiger partial charge on any atom is -0.378 e. The second-order valence-electron chi connectivity index (χ2n) is 8.67. The molecule has 28 heavy (non-hydrogen) atoms. The fourth-order valence-corrected chi connectivity index (χ4v) is 7.55. The average molecular weight is 411 g/mol. The third-order valence-electron chi connectivity index (χ3n) is 7.43. The zero-order valence-corrected chi connectivity index (χ0v) is 17.9. The van der Waals surface area contributed by atoms with Crippen LogP contribution in [0, 0.1) is 5.41 Å². The first-order valence-corrected chi connectivity index (χ1v) is 12.1. The lowest BCUT2D eigenvalue weighted by atomic mass is 9.59. The minimum atomic E-state index is -0.828. The zero-order chi connectivity index (χ0) is 19.1. The van der Waals surface area contributed by atoms with E-state index >= 15 is 0 Å². The molecule has 2 aromatic heterocycles. The fraction of sp³-hybridized carbons (Fsp3) is 0.417. The maximum Gasteiger partial charge on any atom is 0.139 e. The summed E-state index contributed by atoms with van der Waals surface area (Å²) in [6, 6.07) is 19.3. The lowest BCUT2D eigenvalue weighted by Gasteiger charge is -2.59. The third kappa shape index (κ3) is 2.89. The maximum atomic E-state index is 12.2. The van der Waals surface area contributed by atoms with Crippen LogP contribution in [0.15, 0.2) is 65.4 Å². The highest BCUT2D eigenvalue weighted by atomic mass is 32.1. The van der Waals surface area contributed by atoms with E-state index in [1.807, 2.05) is 0 Å². The summed E-state index contributed by atoms with van der Waals surface area (Å²) in [6.07, 6.45) is 4.52. The van der Waals surface area contributed by atoms with Gasteiger partial charge in [-0.3, -0.25) is 0 Å². The molecule has 1 N–H and O–H groups in total. The highest BCUT2D eigenvalue weighted by Crippen LogP contribution is 2.58. The summed E-state index contributed by atoms with van der Waals surface area (Å²) < 4.78 is 1.24. The van der Waals surface area contributed by atoms with Crippen LogP contribution in [0.25, 0.3) is 0 Å². The van der Waals surface area contributed by atoms with E-state index < -0.39 is 5.60 Å². The van der Waals surface area contributed by atoms with Gasteiger partial charge in [-0.05, 0) is 28.5 Å². The van der Waals surface area contributed by atoms with Crippen molar-refractivity contribution in [3.63, 3.8) is 0 Å². The summed E-state index contributed by atoms with van der Waals surface area (Å²) >= 11 is 3.42. The molecule has 0 radical (unpaired) electrons. The standard InChI is InChI=1S/C24H28NOS2/c26-24(21-8-4-18-27-21,22-9-5-19-28-22)23-11-15-25(16-12-23,17-13-23)14-10-20-6-2-1-3-7-20/h1-9,18-19,26H,10-17H2/q+1. The molecule has 146 valence electrons. The van der Waals surface area contributed by atoms with E-state index in [4.69, 9.17) is 0 Å². The predicted octanol–water partition coefficient (Wildman–Crippen LogP) is 5.29. The molecule has 0 spiro atoms. The molecule has 0 amide bonds. The number of benzene rings is 1. The van der Waals surface area contributed by atoms with E-state index in [1.54, 1.807) is 22.7 Å². The molecule has 3 fully saturated rings. The Balaban J connectivity index is 1.40. The second kappa shape index (κ2) is 7.10. The fourth-order valence-electron chi connectivity index (χ4n) is 5.57. The van der Waals surface area contributed by atoms with Crippen molar-refractivity contribution < 1.29 is 9.59 Å². The summed E-state index contributed by atoms with van der Waals surface area (Å²) in [4.78, 5) is 2.25. The largest absolute Gasteiger partial charge is 0.378 e. The molecule has 0 unspecified atom stereocenters. The van der Waals surface area contributed by atoms with Gasteiger partial charge in [0.05, 0.1) is 26.2 Å². The van der Waals surface area contributed by atoms with Gasteiger partial charge in [-0.2, -0.15) is 0 Å². The predicted molar refractivity (Wildman–Crippen MR) is 118 cm³/mol. The van der Waals surface area contributed by atoms with Crippen LogP contribution >= 0.6 is 22.7 Å². The van der Waals surface area contributed by atoms with Gasteiger partial charge in [0.25, 0.3) is 0 Å². The second-order valence-corrected chi connectivity index (χ2v) is 10.6. The summed E-state index contributed by atoms with van der Waals surface area (Å²) in [5.74, 6) is 0. The monoisotopic (exact) mass is 410 g/mol. The number of nitrogens with zero attached hydrogens (tertiary/aromatic N) is 1. The quantitative estimate of drug-likeness (QED) is 0.548. The molecule has 3 aliphatic heterocycles. The lowest BCUT2D eigenvalue weighted by Crippen LogP contribution is -2.66. The molecule has 6 rings (SSSR count). The molecular formula is C24H28NOS2+. The van der Waals surface area contributed by atoms with Crippen LogP contribution in [0.5, 0.6) is 0 Å². The van der Waals surface area contributed by atoms with E-state index in [-0.39, 0.29) is 5.41 Å². The van der Waals surface area contributed by atoms with Gasteiger partial charge >= 0.3 is 0 Å². The van der Waals surface area contributed by atoms with E-state index in [1.165, 1.54) is 36.2 Å². The Morgan fingerprint density at radius 2 is 1.39 bits per heavy atom. The van der Waals surface area contributed by atoms with Crippen LogP contribution in [-0.2, 0) is 12.0 Å². The molecule has 5 heterocycles. The SMILES string of the molecule is OC(c1cccs1)(c1cccs1)C12CC[N+](CCc3ccccc3)(CC1)CC2. The number of hydrogen-bond donors (Lipinski definition) is 1. The van der Waals surface area contributed by atoms with E-state index in [0.29, 0.717) is 0 Å². The molecular weight excluding hydrogens is 382 g/mol. The summed E-state index contributed by atoms with van der Waals surface area (Å²) in [5.41, 5.74) is 0.604. The van der Waals surface area contributed by atoms with Gasteiger partial charge in [0, 0.05) is 40.9 Å². The molecule has 0 aliphatic carbocycles. The smallest absolute Gasteiger partial charge is 0.139 e. The van der Waals surface area contributed by atoms with Gasteiger partial charge < -0.3 is 9.59 Å². The molecule has 3 saturated heterocycles. The normalized spacial score (nSPS) is 27.2. The number of fused-ring (bicyclic) bond motifs is 3. The Morgan fingerprint density at radius 3 is 1.89 bits per heavy atom. The molecule has 4 heteroatoms. The Hall–Kier alpha value is -1.46. The van der Waals surface area contributed by atoms with E-state index in [0.717, 1.165) is 35.4 Å². The number of aliphatic hydroxyl groups is 1. The Morgan fingerprint density at radius 1 is 0.821 bits per heavy atom. The number of piperidine rings is 3. The van der Waals surface area contributed by atoms with Gasteiger partial charge in [-0.1, -0.05) is 42.5 Å². The maximum absolute atomic E-state index is 12.2. The Kier molecular flexibility index (Phi) is 4.71. The van der Waals surface area contributed by atoms with Crippen LogP contribution < -0.4 is 0 Å². The molecule has 1 aromatic carbocycles. The summed E-state index contributed by atoms with van der Waals surface area (Å²) in [6.45, 7) is 4.83. The molecule has 3 aliphatic rings. The molecule has 2 bridgehead atoms. The van der Waals surface area contributed by atoms with Crippen LogP contribution in [-0.4, -0.2) is 35.8 Å². The molecule has 3 aromatic rings. The first-order chi connectivity index (χ1) is 13.7. The van der Waals surface area contributed by atoms with Gasteiger partial charge in [0.1, 0.15) is 5.60 Å². The number of quaternary nitrogens is 1. The first kappa shape index (κ1) is 18.6. The Bertz CT molecular complexity index is 843. The van der Waals surface area contributed by atoms with Crippen molar-refractivity contribution in [1.29, 1.82) is 0 Å². The van der Waals surface area contributed by atoms with Crippen molar-refractivity contribution in [2.75, 3.05) is 26.2 Å². The Labute approximate surface area is 175 Å². The number of rotatable bonds is 6. The topological polar surface area (TPSA) is 20.2 Å². The van der Waals surface area contributed by atoms with Crippen molar-refractivity contribution in [1.82, 2.24) is 0 Å². The van der Waals surface area contributed by atoms with Gasteiger partial charge in [0.15, 0.2) is 0 Å². The van der Waals surface area contributed by atoms with Gasteiger partial charge in [-0.15, -0.1) is 22.7 Å². The van der Waals surface area contributed by atoms with Crippen LogP contribution in [0.3, 0.4) is 0 Å². The van der Waals surface area contributed by atoms with E-state index in [9.17, 15) is 5.11 Å². The molecule has 0 atom stereocenters. The van der Waals surface area contributed by atoms with Crippen LogP contribution in [0.4, 0.5) is 0 Å². The van der Waals surface area contributed by atoms with Crippen molar-refractivity contribution >= 4 is 22.7 Å². The van der Waals surface area contributed by atoms with Gasteiger partial charge in [0.2, 0.25) is 0 Å². The van der Waals surface area contributed by atoms with Gasteiger partial charge in [-0.25, -0.2) is 0 Å². The van der Waals surface area contributed by atoms with Crippen LogP contribution in [0.1, 0.15) is 34.6 Å². The first-order valence-electron chi connectivity index (χ1n) is 10.4. The third-order valence-corrected chi connectivity index (χ3v) is 9.39. The van der Waals surface area contributed by atoms with E-state index in [2.05, 4.69) is 65.4 Å². The molecule has 0 saturated carbocycles.